The monoisotopic (exact) mass is 214 g/mol. The number of piperidine rings is 1. The fourth-order valence-corrected chi connectivity index (χ4v) is 2.14. The summed E-state index contributed by atoms with van der Waals surface area (Å²) in [5.41, 5.74) is 7.79. The summed E-state index contributed by atoms with van der Waals surface area (Å²) in [6.45, 7) is 2.73. The van der Waals surface area contributed by atoms with Crippen LogP contribution < -0.4 is 10.6 Å². The fourth-order valence-electron chi connectivity index (χ4n) is 2.14. The SMILES string of the molecule is NCC#Cc1ccccc1N1CCCCC1. The minimum atomic E-state index is 0.425. The number of rotatable bonds is 1. The summed E-state index contributed by atoms with van der Waals surface area (Å²) in [6.07, 6.45) is 3.93. The lowest BCUT2D eigenvalue weighted by Crippen LogP contribution is -2.29. The number of nitrogens with zero attached hydrogens (tertiary/aromatic N) is 1. The second kappa shape index (κ2) is 5.58. The molecule has 84 valence electrons. The maximum atomic E-state index is 5.42. The van der Waals surface area contributed by atoms with E-state index in [9.17, 15) is 0 Å². The Bertz CT molecular complexity index is 395. The molecule has 1 aliphatic rings. The van der Waals surface area contributed by atoms with E-state index in [1.807, 2.05) is 6.07 Å². The normalized spacial score (nSPS) is 15.4. The molecule has 1 aromatic rings. The van der Waals surface area contributed by atoms with Gasteiger partial charge in [-0.1, -0.05) is 24.0 Å². The van der Waals surface area contributed by atoms with Gasteiger partial charge in [-0.15, -0.1) is 0 Å². The van der Waals surface area contributed by atoms with Crippen LogP contribution in [0.2, 0.25) is 0 Å². The first-order valence-corrected chi connectivity index (χ1v) is 5.95. The van der Waals surface area contributed by atoms with Gasteiger partial charge < -0.3 is 10.6 Å². The molecule has 0 saturated carbocycles. The summed E-state index contributed by atoms with van der Waals surface area (Å²) in [5, 5.41) is 0. The first kappa shape index (κ1) is 11.0. The molecule has 2 N–H and O–H groups in total. The predicted octanol–water partition coefficient (Wildman–Crippen LogP) is 1.99. The van der Waals surface area contributed by atoms with E-state index in [0.717, 1.165) is 18.7 Å². The third kappa shape index (κ3) is 2.56. The molecule has 16 heavy (non-hydrogen) atoms. The zero-order valence-corrected chi connectivity index (χ0v) is 9.58. The molecule has 1 aliphatic heterocycles. The zero-order chi connectivity index (χ0) is 11.2. The number of anilines is 1. The molecule has 2 nitrogen and oxygen atoms in total. The van der Waals surface area contributed by atoms with Gasteiger partial charge in [-0.25, -0.2) is 0 Å². The molecule has 2 rings (SSSR count). The van der Waals surface area contributed by atoms with Crippen molar-refractivity contribution in [1.29, 1.82) is 0 Å². The van der Waals surface area contributed by atoms with E-state index < -0.39 is 0 Å². The van der Waals surface area contributed by atoms with Gasteiger partial charge in [0.05, 0.1) is 12.2 Å². The van der Waals surface area contributed by atoms with Crippen LogP contribution in [0.15, 0.2) is 24.3 Å². The Morgan fingerprint density at radius 1 is 1.12 bits per heavy atom. The van der Waals surface area contributed by atoms with Gasteiger partial charge in [0.1, 0.15) is 0 Å². The van der Waals surface area contributed by atoms with Crippen LogP contribution in [-0.4, -0.2) is 19.6 Å². The molecule has 0 aliphatic carbocycles. The van der Waals surface area contributed by atoms with Crippen LogP contribution in [0.1, 0.15) is 24.8 Å². The van der Waals surface area contributed by atoms with E-state index >= 15 is 0 Å². The van der Waals surface area contributed by atoms with Gasteiger partial charge in [0.25, 0.3) is 0 Å². The van der Waals surface area contributed by atoms with E-state index in [4.69, 9.17) is 5.73 Å². The average Bonchev–Trinajstić information content (AvgIpc) is 2.38. The minimum absolute atomic E-state index is 0.425. The van der Waals surface area contributed by atoms with Gasteiger partial charge in [-0.05, 0) is 31.4 Å². The summed E-state index contributed by atoms with van der Waals surface area (Å²) >= 11 is 0. The predicted molar refractivity (Wildman–Crippen MR) is 68.4 cm³/mol. The van der Waals surface area contributed by atoms with Crippen molar-refractivity contribution in [1.82, 2.24) is 0 Å². The number of benzene rings is 1. The summed E-state index contributed by atoms with van der Waals surface area (Å²) in [6, 6.07) is 8.35. The second-order valence-electron chi connectivity index (χ2n) is 4.07. The lowest BCUT2D eigenvalue weighted by molar-refractivity contribution is 0.577. The van der Waals surface area contributed by atoms with Crippen LogP contribution in [0.25, 0.3) is 0 Å². The quantitative estimate of drug-likeness (QED) is 0.724. The van der Waals surface area contributed by atoms with Gasteiger partial charge in [-0.2, -0.15) is 0 Å². The fraction of sp³-hybridized carbons (Fsp3) is 0.429. The zero-order valence-electron chi connectivity index (χ0n) is 9.58. The number of hydrogen-bond donors (Lipinski definition) is 1. The number of para-hydroxylation sites is 1. The van der Waals surface area contributed by atoms with E-state index in [1.165, 1.54) is 24.9 Å². The van der Waals surface area contributed by atoms with Crippen molar-refractivity contribution in [3.63, 3.8) is 0 Å². The van der Waals surface area contributed by atoms with Crippen LogP contribution in [0.3, 0.4) is 0 Å². The maximum absolute atomic E-state index is 5.42. The van der Waals surface area contributed by atoms with Crippen molar-refractivity contribution in [3.05, 3.63) is 29.8 Å². The van der Waals surface area contributed by atoms with Crippen LogP contribution in [-0.2, 0) is 0 Å². The highest BCUT2D eigenvalue weighted by molar-refractivity contribution is 5.60. The number of hydrogen-bond acceptors (Lipinski definition) is 2. The highest BCUT2D eigenvalue weighted by atomic mass is 15.1. The van der Waals surface area contributed by atoms with Crippen LogP contribution in [0.5, 0.6) is 0 Å². The van der Waals surface area contributed by atoms with Gasteiger partial charge in [-0.3, -0.25) is 0 Å². The summed E-state index contributed by atoms with van der Waals surface area (Å²) in [4.78, 5) is 2.43. The molecule has 0 spiro atoms. The Labute approximate surface area is 97.4 Å². The third-order valence-electron chi connectivity index (χ3n) is 2.93. The first-order valence-electron chi connectivity index (χ1n) is 5.95. The third-order valence-corrected chi connectivity index (χ3v) is 2.93. The Hall–Kier alpha value is -1.46. The topological polar surface area (TPSA) is 29.3 Å². The van der Waals surface area contributed by atoms with Crippen molar-refractivity contribution in [2.45, 2.75) is 19.3 Å². The molecular formula is C14H18N2. The van der Waals surface area contributed by atoms with Crippen molar-refractivity contribution < 1.29 is 0 Å². The van der Waals surface area contributed by atoms with E-state index in [-0.39, 0.29) is 0 Å². The van der Waals surface area contributed by atoms with Crippen molar-refractivity contribution in [2.75, 3.05) is 24.5 Å². The molecule has 0 bridgehead atoms. The molecule has 0 amide bonds. The molecule has 0 aromatic heterocycles. The van der Waals surface area contributed by atoms with Crippen LogP contribution in [0, 0.1) is 11.8 Å². The molecule has 1 fully saturated rings. The van der Waals surface area contributed by atoms with Crippen molar-refractivity contribution in [2.24, 2.45) is 5.73 Å². The largest absolute Gasteiger partial charge is 0.371 e. The Kier molecular flexibility index (Phi) is 3.85. The Morgan fingerprint density at radius 2 is 1.88 bits per heavy atom. The smallest absolute Gasteiger partial charge is 0.0555 e. The molecule has 1 heterocycles. The van der Waals surface area contributed by atoms with Gasteiger partial charge in [0, 0.05) is 18.7 Å². The lowest BCUT2D eigenvalue weighted by atomic mass is 10.1. The van der Waals surface area contributed by atoms with Gasteiger partial charge in [0.2, 0.25) is 0 Å². The molecule has 0 radical (unpaired) electrons. The summed E-state index contributed by atoms with van der Waals surface area (Å²) in [7, 11) is 0. The van der Waals surface area contributed by atoms with E-state index in [2.05, 4.69) is 34.9 Å². The van der Waals surface area contributed by atoms with Crippen LogP contribution >= 0.6 is 0 Å². The standard InChI is InChI=1S/C14H18N2/c15-10-6-8-13-7-2-3-9-14(13)16-11-4-1-5-12-16/h2-3,7,9H,1,4-5,10-12,15H2. The van der Waals surface area contributed by atoms with Gasteiger partial charge in [0.15, 0.2) is 0 Å². The second-order valence-corrected chi connectivity index (χ2v) is 4.07. The summed E-state index contributed by atoms with van der Waals surface area (Å²) < 4.78 is 0. The molecule has 0 atom stereocenters. The minimum Gasteiger partial charge on any atom is -0.371 e. The van der Waals surface area contributed by atoms with Gasteiger partial charge >= 0.3 is 0 Å². The maximum Gasteiger partial charge on any atom is 0.0555 e. The van der Waals surface area contributed by atoms with E-state index in [1.54, 1.807) is 0 Å². The molecule has 2 heteroatoms. The molecule has 0 unspecified atom stereocenters. The highest BCUT2D eigenvalue weighted by Gasteiger charge is 2.12. The number of nitrogens with two attached hydrogens (primary N) is 1. The highest BCUT2D eigenvalue weighted by Crippen LogP contribution is 2.23. The average molecular weight is 214 g/mol. The van der Waals surface area contributed by atoms with E-state index in [0.29, 0.717) is 6.54 Å². The Morgan fingerprint density at radius 3 is 2.62 bits per heavy atom. The Balaban J connectivity index is 2.24. The first-order chi connectivity index (χ1) is 7.92. The van der Waals surface area contributed by atoms with Crippen molar-refractivity contribution >= 4 is 5.69 Å². The molecule has 1 aromatic carbocycles. The molecular weight excluding hydrogens is 196 g/mol. The lowest BCUT2D eigenvalue weighted by Gasteiger charge is -2.29. The summed E-state index contributed by atoms with van der Waals surface area (Å²) in [5.74, 6) is 6.09. The molecule has 1 saturated heterocycles. The van der Waals surface area contributed by atoms with Crippen molar-refractivity contribution in [3.8, 4) is 11.8 Å². The van der Waals surface area contributed by atoms with Crippen LogP contribution in [0.4, 0.5) is 5.69 Å².